The van der Waals surface area contributed by atoms with Crippen LogP contribution in [0, 0.1) is 17.8 Å². The third-order valence-electron chi connectivity index (χ3n) is 8.49. The predicted molar refractivity (Wildman–Crippen MR) is 111 cm³/mol. The zero-order valence-electron chi connectivity index (χ0n) is 18.0. The average molecular weight is 399 g/mol. The number of unbranched alkanes of at least 4 members (excludes halogenated alkanes) is 2. The van der Waals surface area contributed by atoms with E-state index in [1.54, 1.807) is 6.07 Å². The Kier molecular flexibility index (Phi) is 4.51. The monoisotopic (exact) mass is 398 g/mol. The maximum absolute atomic E-state index is 13.6. The standard InChI is InChI=1S/C25H34O4/c1-4-6-7-13-28-25-15(3)14-16-8-11-19(26)22-20(16)24(25,12-5-2)23(29-22)21(27)17-9-10-18(17)25/h8,11,15,17-18,23,26H,4-7,9-10,12-14H2,1-3H3. The van der Waals surface area contributed by atoms with Gasteiger partial charge in [0.1, 0.15) is 0 Å². The molecule has 4 heteroatoms. The number of benzene rings is 1. The number of hydrogen-bond acceptors (Lipinski definition) is 4. The minimum Gasteiger partial charge on any atom is -0.504 e. The molecule has 4 aliphatic rings. The van der Waals surface area contributed by atoms with Crippen molar-refractivity contribution < 1.29 is 19.4 Å². The highest BCUT2D eigenvalue weighted by Crippen LogP contribution is 2.70. The van der Waals surface area contributed by atoms with E-state index in [0.717, 1.165) is 50.7 Å². The number of Topliss-reactive ketones (excluding diaryl/α,β-unsaturated/α-hetero) is 1. The quantitative estimate of drug-likeness (QED) is 0.661. The lowest BCUT2D eigenvalue weighted by atomic mass is 9.40. The third kappa shape index (κ3) is 2.22. The van der Waals surface area contributed by atoms with Crippen molar-refractivity contribution in [1.29, 1.82) is 0 Å². The van der Waals surface area contributed by atoms with Crippen LogP contribution in [0.5, 0.6) is 11.5 Å². The summed E-state index contributed by atoms with van der Waals surface area (Å²) >= 11 is 0. The fraction of sp³-hybridized carbons (Fsp3) is 0.720. The lowest BCUT2D eigenvalue weighted by molar-refractivity contribution is -0.242. The van der Waals surface area contributed by atoms with Gasteiger partial charge in [-0.2, -0.15) is 0 Å². The van der Waals surface area contributed by atoms with E-state index in [0.29, 0.717) is 11.7 Å². The van der Waals surface area contributed by atoms with Gasteiger partial charge in [-0.1, -0.05) is 46.1 Å². The van der Waals surface area contributed by atoms with Gasteiger partial charge in [-0.3, -0.25) is 4.79 Å². The van der Waals surface area contributed by atoms with Gasteiger partial charge in [0.2, 0.25) is 0 Å². The van der Waals surface area contributed by atoms with Gasteiger partial charge in [-0.05, 0) is 55.6 Å². The Morgan fingerprint density at radius 2 is 2.03 bits per heavy atom. The topological polar surface area (TPSA) is 55.8 Å². The molecule has 1 aromatic rings. The molecule has 0 radical (unpaired) electrons. The lowest BCUT2D eigenvalue weighted by Crippen LogP contribution is -2.76. The van der Waals surface area contributed by atoms with Crippen LogP contribution >= 0.6 is 0 Å². The SMILES string of the molecule is CCCCCOC12C(C)Cc3ccc(O)c4c3C1(CCC)C(O4)C(=O)C1CCC12. The summed E-state index contributed by atoms with van der Waals surface area (Å²) in [4.78, 5) is 13.6. The molecule has 1 N–H and O–H groups in total. The molecule has 6 unspecified atom stereocenters. The molecule has 2 saturated carbocycles. The second-order valence-electron chi connectivity index (χ2n) is 9.81. The van der Waals surface area contributed by atoms with E-state index in [1.807, 2.05) is 6.07 Å². The van der Waals surface area contributed by atoms with Crippen LogP contribution in [-0.2, 0) is 21.4 Å². The van der Waals surface area contributed by atoms with Gasteiger partial charge in [0.25, 0.3) is 0 Å². The first-order valence-electron chi connectivity index (χ1n) is 11.7. The molecule has 3 aliphatic carbocycles. The highest BCUT2D eigenvalue weighted by molar-refractivity contribution is 5.93. The number of fused-ring (bicyclic) bond motifs is 2. The summed E-state index contributed by atoms with van der Waals surface area (Å²) in [6, 6.07) is 3.79. The Hall–Kier alpha value is -1.55. The number of aromatic hydroxyl groups is 1. The van der Waals surface area contributed by atoms with Crippen LogP contribution in [0.3, 0.4) is 0 Å². The normalized spacial score (nSPS) is 38.8. The number of phenols is 1. The summed E-state index contributed by atoms with van der Waals surface area (Å²) in [7, 11) is 0. The molecule has 29 heavy (non-hydrogen) atoms. The van der Waals surface area contributed by atoms with Gasteiger partial charge in [-0.15, -0.1) is 0 Å². The molecule has 0 aromatic heterocycles. The van der Waals surface area contributed by atoms with Crippen LogP contribution in [0.1, 0.15) is 76.8 Å². The smallest absolute Gasteiger partial charge is 0.177 e. The second-order valence-corrected chi connectivity index (χ2v) is 9.81. The van der Waals surface area contributed by atoms with Crippen LogP contribution in [0.25, 0.3) is 0 Å². The summed E-state index contributed by atoms with van der Waals surface area (Å²) in [5.74, 6) is 1.63. The van der Waals surface area contributed by atoms with Crippen molar-refractivity contribution in [1.82, 2.24) is 0 Å². The highest BCUT2D eigenvalue weighted by Gasteiger charge is 2.77. The summed E-state index contributed by atoms with van der Waals surface area (Å²) in [5, 5.41) is 10.6. The van der Waals surface area contributed by atoms with E-state index in [2.05, 4.69) is 20.8 Å². The van der Waals surface area contributed by atoms with E-state index in [-0.39, 0.29) is 29.0 Å². The Balaban J connectivity index is 1.73. The van der Waals surface area contributed by atoms with Gasteiger partial charge in [0.15, 0.2) is 23.4 Å². The molecule has 0 saturated heterocycles. The summed E-state index contributed by atoms with van der Waals surface area (Å²) in [6.45, 7) is 7.48. The van der Waals surface area contributed by atoms with Gasteiger partial charge in [-0.25, -0.2) is 0 Å². The van der Waals surface area contributed by atoms with Gasteiger partial charge >= 0.3 is 0 Å². The van der Waals surface area contributed by atoms with Crippen LogP contribution in [0.15, 0.2) is 12.1 Å². The van der Waals surface area contributed by atoms with Crippen LogP contribution in [0.4, 0.5) is 0 Å². The lowest BCUT2D eigenvalue weighted by Gasteiger charge is -2.66. The molecule has 158 valence electrons. The van der Waals surface area contributed by atoms with Crippen molar-refractivity contribution in [2.24, 2.45) is 17.8 Å². The zero-order chi connectivity index (χ0) is 20.4. The molecular weight excluding hydrogens is 364 g/mol. The highest BCUT2D eigenvalue weighted by atomic mass is 16.5. The first-order chi connectivity index (χ1) is 14.0. The van der Waals surface area contributed by atoms with Crippen molar-refractivity contribution in [2.75, 3.05) is 6.61 Å². The number of rotatable bonds is 7. The third-order valence-corrected chi connectivity index (χ3v) is 8.49. The number of ketones is 1. The maximum atomic E-state index is 13.6. The summed E-state index contributed by atoms with van der Waals surface area (Å²) < 4.78 is 13.4. The van der Waals surface area contributed by atoms with Crippen molar-refractivity contribution >= 4 is 5.78 Å². The molecule has 0 spiro atoms. The number of carbonyl (C=O) groups is 1. The minimum absolute atomic E-state index is 0.0524. The molecule has 5 rings (SSSR count). The molecule has 1 heterocycles. The fourth-order valence-corrected chi connectivity index (χ4v) is 7.42. The fourth-order valence-electron chi connectivity index (χ4n) is 7.42. The molecule has 0 bridgehead atoms. The number of ether oxygens (including phenoxy) is 2. The molecule has 0 amide bonds. The Bertz CT molecular complexity index is 832. The molecular formula is C25H34O4. The van der Waals surface area contributed by atoms with Crippen LogP contribution in [0.2, 0.25) is 0 Å². The van der Waals surface area contributed by atoms with Crippen LogP contribution in [-0.4, -0.2) is 29.2 Å². The van der Waals surface area contributed by atoms with Crippen LogP contribution < -0.4 is 4.74 Å². The van der Waals surface area contributed by atoms with Gasteiger partial charge < -0.3 is 14.6 Å². The van der Waals surface area contributed by atoms with Crippen molar-refractivity contribution in [2.45, 2.75) is 89.3 Å². The Labute approximate surface area is 174 Å². The van der Waals surface area contributed by atoms with E-state index >= 15 is 0 Å². The summed E-state index contributed by atoms with van der Waals surface area (Å²) in [5.41, 5.74) is 1.49. The number of hydrogen-bond donors (Lipinski definition) is 1. The molecule has 1 aliphatic heterocycles. The Morgan fingerprint density at radius 1 is 1.21 bits per heavy atom. The minimum atomic E-state index is -0.514. The first kappa shape index (κ1) is 19.4. The molecule has 4 nitrogen and oxygen atoms in total. The van der Waals surface area contributed by atoms with Crippen molar-refractivity contribution in [3.05, 3.63) is 23.3 Å². The Morgan fingerprint density at radius 3 is 2.72 bits per heavy atom. The van der Waals surface area contributed by atoms with Gasteiger partial charge in [0, 0.05) is 18.1 Å². The van der Waals surface area contributed by atoms with Gasteiger partial charge in [0.05, 0.1) is 11.0 Å². The zero-order valence-corrected chi connectivity index (χ0v) is 18.0. The van der Waals surface area contributed by atoms with Crippen molar-refractivity contribution in [3.8, 4) is 11.5 Å². The first-order valence-corrected chi connectivity index (χ1v) is 11.7. The van der Waals surface area contributed by atoms with E-state index in [1.165, 1.54) is 18.4 Å². The molecule has 1 aromatic carbocycles. The van der Waals surface area contributed by atoms with E-state index in [4.69, 9.17) is 9.47 Å². The molecule has 2 fully saturated rings. The number of phenolic OH excluding ortho intramolecular Hbond substituents is 1. The second kappa shape index (κ2) is 6.73. The number of carbonyl (C=O) groups excluding carboxylic acids is 1. The largest absolute Gasteiger partial charge is 0.504 e. The average Bonchev–Trinajstić information content (AvgIpc) is 3.02. The molecule has 6 atom stereocenters. The predicted octanol–water partition coefficient (Wildman–Crippen LogP) is 4.94. The summed E-state index contributed by atoms with van der Waals surface area (Å²) in [6.07, 6.45) is 7.66. The van der Waals surface area contributed by atoms with E-state index in [9.17, 15) is 9.90 Å². The maximum Gasteiger partial charge on any atom is 0.177 e. The van der Waals surface area contributed by atoms with E-state index < -0.39 is 11.5 Å². The van der Waals surface area contributed by atoms with Crippen molar-refractivity contribution in [3.63, 3.8) is 0 Å².